The Morgan fingerprint density at radius 1 is 0.631 bits per heavy atom. The summed E-state index contributed by atoms with van der Waals surface area (Å²) in [5, 5.41) is 39.6. The number of carbonyl (C=O) groups excluding carboxylic acids is 7. The highest BCUT2D eigenvalue weighted by atomic mass is 16.3. The van der Waals surface area contributed by atoms with Crippen LogP contribution in [0, 0.1) is 0 Å². The smallest absolute Gasteiger partial charge is 0.246 e. The zero-order valence-corrected chi connectivity index (χ0v) is 35.6. The molecule has 6 atom stereocenters. The molecule has 6 rings (SSSR count). The Balaban J connectivity index is 1.17. The Labute approximate surface area is 375 Å². The molecule has 342 valence electrons. The molecule has 0 spiro atoms. The number of primary amides is 1. The Bertz CT molecular complexity index is 2350. The van der Waals surface area contributed by atoms with Crippen LogP contribution >= 0.6 is 0 Å². The van der Waals surface area contributed by atoms with E-state index in [-0.39, 0.29) is 56.7 Å². The van der Waals surface area contributed by atoms with E-state index in [1.165, 1.54) is 34.1 Å². The first-order chi connectivity index (χ1) is 31.2. The molecule has 18 nitrogen and oxygen atoms in total. The van der Waals surface area contributed by atoms with Gasteiger partial charge in [0.05, 0.1) is 19.2 Å². The van der Waals surface area contributed by atoms with Crippen LogP contribution in [0.3, 0.4) is 0 Å². The average molecular weight is 891 g/mol. The molecular weight excluding hydrogens is 837 g/mol. The summed E-state index contributed by atoms with van der Waals surface area (Å²) in [5.74, 6) is -4.83. The second-order valence-corrected chi connectivity index (χ2v) is 16.2. The van der Waals surface area contributed by atoms with Gasteiger partial charge < -0.3 is 57.9 Å². The number of nitrogens with two attached hydrogens (primary N) is 2. The molecule has 65 heavy (non-hydrogen) atoms. The van der Waals surface area contributed by atoms with Crippen molar-refractivity contribution in [3.05, 3.63) is 131 Å². The van der Waals surface area contributed by atoms with Gasteiger partial charge in [0.25, 0.3) is 0 Å². The van der Waals surface area contributed by atoms with Gasteiger partial charge in [0.15, 0.2) is 0 Å². The molecule has 18 heteroatoms. The van der Waals surface area contributed by atoms with Gasteiger partial charge in [0.2, 0.25) is 41.4 Å². The van der Waals surface area contributed by atoms with Crippen molar-refractivity contribution < 1.29 is 48.9 Å². The number of nitrogens with one attached hydrogen (secondary N) is 4. The van der Waals surface area contributed by atoms with Gasteiger partial charge >= 0.3 is 0 Å². The zero-order valence-electron chi connectivity index (χ0n) is 35.6. The molecule has 1 saturated heterocycles. The number of aliphatic hydroxyl groups excluding tert-OH is 1. The molecule has 2 aliphatic rings. The summed E-state index contributed by atoms with van der Waals surface area (Å²) in [4.78, 5) is 97.8. The highest BCUT2D eigenvalue weighted by molar-refractivity contribution is 5.97. The van der Waals surface area contributed by atoms with Crippen LogP contribution in [0.1, 0.15) is 40.7 Å². The van der Waals surface area contributed by atoms with Gasteiger partial charge in [-0.15, -0.1) is 0 Å². The lowest BCUT2D eigenvalue weighted by molar-refractivity contribution is -0.143. The lowest BCUT2D eigenvalue weighted by Gasteiger charge is -2.38. The first-order valence-electron chi connectivity index (χ1n) is 21.3. The van der Waals surface area contributed by atoms with E-state index in [1.807, 2.05) is 24.3 Å². The highest BCUT2D eigenvalue weighted by Gasteiger charge is 2.40. The largest absolute Gasteiger partial charge is 0.508 e. The summed E-state index contributed by atoms with van der Waals surface area (Å²) in [7, 11) is 0. The summed E-state index contributed by atoms with van der Waals surface area (Å²) in [6.45, 7) is -1.12. The van der Waals surface area contributed by atoms with Crippen LogP contribution in [0.25, 0.3) is 0 Å². The van der Waals surface area contributed by atoms with Crippen molar-refractivity contribution >= 4 is 41.4 Å². The average Bonchev–Trinajstić information content (AvgIpc) is 3.80. The fourth-order valence-corrected chi connectivity index (χ4v) is 8.08. The van der Waals surface area contributed by atoms with Crippen molar-refractivity contribution in [2.24, 2.45) is 11.5 Å². The number of aromatic hydroxyl groups is 2. The predicted molar refractivity (Wildman–Crippen MR) is 236 cm³/mol. The number of aliphatic hydroxyl groups is 1. The normalized spacial score (nSPS) is 17.4. The molecule has 0 radical (unpaired) electrons. The molecule has 4 aromatic rings. The Morgan fingerprint density at radius 2 is 1.18 bits per heavy atom. The second-order valence-electron chi connectivity index (χ2n) is 16.2. The molecular formula is C47H54N8O10. The molecule has 7 amide bonds. The number of hydrogen-bond donors (Lipinski definition) is 9. The van der Waals surface area contributed by atoms with Crippen LogP contribution < -0.4 is 32.7 Å². The number of fused-ring (bicyclic) bond motifs is 1. The van der Waals surface area contributed by atoms with Gasteiger partial charge in [-0.1, -0.05) is 78.9 Å². The number of likely N-dealkylation sites (tertiary alicyclic amines) is 1. The Morgan fingerprint density at radius 3 is 1.82 bits per heavy atom. The maximum Gasteiger partial charge on any atom is 0.246 e. The van der Waals surface area contributed by atoms with Crippen LogP contribution in [-0.4, -0.2) is 122 Å². The fourth-order valence-electron chi connectivity index (χ4n) is 8.08. The highest BCUT2D eigenvalue weighted by Crippen LogP contribution is 2.26. The van der Waals surface area contributed by atoms with E-state index < -0.39 is 90.8 Å². The Kier molecular flexibility index (Phi) is 15.9. The number of nitrogens with zero attached hydrogens (tertiary/aromatic N) is 2. The first-order valence-corrected chi connectivity index (χ1v) is 21.3. The number of carbonyl (C=O) groups is 7. The third kappa shape index (κ3) is 12.5. The molecule has 1 fully saturated rings. The Hall–Kier alpha value is -7.31. The quantitative estimate of drug-likeness (QED) is 0.0611. The van der Waals surface area contributed by atoms with Crippen molar-refractivity contribution in [1.82, 2.24) is 31.1 Å². The summed E-state index contributed by atoms with van der Waals surface area (Å²) < 4.78 is 0. The second kappa shape index (κ2) is 21.9. The molecule has 0 saturated carbocycles. The van der Waals surface area contributed by atoms with Gasteiger partial charge in [0.1, 0.15) is 41.7 Å². The number of benzene rings is 4. The predicted octanol–water partition coefficient (Wildman–Crippen LogP) is -0.554. The van der Waals surface area contributed by atoms with Crippen molar-refractivity contribution in [3.63, 3.8) is 0 Å². The van der Waals surface area contributed by atoms with Crippen molar-refractivity contribution in [1.29, 1.82) is 0 Å². The summed E-state index contributed by atoms with van der Waals surface area (Å²) in [6, 6.07) is 21.6. The molecule has 0 aliphatic carbocycles. The van der Waals surface area contributed by atoms with Crippen LogP contribution in [0.2, 0.25) is 0 Å². The monoisotopic (exact) mass is 890 g/mol. The summed E-state index contributed by atoms with van der Waals surface area (Å²) in [5.41, 5.74) is 15.4. The minimum absolute atomic E-state index is 0.0188. The number of hydrogen-bond acceptors (Lipinski definition) is 11. The molecule has 11 N–H and O–H groups in total. The molecule has 2 heterocycles. The number of rotatable bonds is 18. The number of phenols is 2. The van der Waals surface area contributed by atoms with E-state index in [0.29, 0.717) is 23.1 Å². The van der Waals surface area contributed by atoms with E-state index in [2.05, 4.69) is 21.3 Å². The molecule has 4 aromatic carbocycles. The lowest BCUT2D eigenvalue weighted by Crippen LogP contribution is -2.60. The van der Waals surface area contributed by atoms with Gasteiger partial charge in [-0.2, -0.15) is 0 Å². The van der Waals surface area contributed by atoms with Crippen LogP contribution in [-0.2, 0) is 65.8 Å². The maximum atomic E-state index is 14.4. The van der Waals surface area contributed by atoms with E-state index in [4.69, 9.17) is 11.5 Å². The third-order valence-corrected chi connectivity index (χ3v) is 11.6. The van der Waals surface area contributed by atoms with Gasteiger partial charge in [-0.3, -0.25) is 33.6 Å². The van der Waals surface area contributed by atoms with Crippen molar-refractivity contribution in [2.45, 2.75) is 81.3 Å². The molecule has 0 bridgehead atoms. The SMILES string of the molecule is NC(=O)[C@H](CO)NC(=O)[C@@H]1CCCN1C(=O)[C@H](Cc1ccc(O)cc1)NC(=O)CNC(=O)[C@H](Cc1ccccc1)NC(=O)[C@@H]1Cc2ccccc2CN1C(=O)[C@@H](N)Cc1ccc(O)cc1. The lowest BCUT2D eigenvalue weighted by atomic mass is 9.92. The molecule has 2 aliphatic heterocycles. The maximum absolute atomic E-state index is 14.4. The molecule has 0 unspecified atom stereocenters. The minimum Gasteiger partial charge on any atom is -0.508 e. The molecule has 0 aromatic heterocycles. The van der Waals surface area contributed by atoms with Gasteiger partial charge in [0, 0.05) is 32.4 Å². The standard InChI is InChI=1S/C47H54N8O10/c48-35(21-29-12-16-33(57)17-13-29)46(64)55-26-32-10-5-4-9-31(32)24-40(55)45(63)52-36(22-28-7-2-1-3-8-28)43(61)50-25-41(59)51-37(23-30-14-18-34(58)19-15-30)47(65)54-20-6-11-39(54)44(62)53-38(27-56)42(49)60/h1-5,7-10,12-19,35-40,56-58H,6,11,20-27,48H2,(H2,49,60)(H,50,61)(H,51,59)(H,52,63)(H,53,62)/t35-,36-,37-,38-,39-,40-/m0/s1. The van der Waals surface area contributed by atoms with E-state index >= 15 is 0 Å². The first kappa shape index (κ1) is 47.2. The topological polar surface area (TPSA) is 287 Å². The van der Waals surface area contributed by atoms with E-state index in [1.54, 1.807) is 54.6 Å². The van der Waals surface area contributed by atoms with E-state index in [0.717, 1.165) is 11.1 Å². The number of amides is 7. The van der Waals surface area contributed by atoms with E-state index in [9.17, 15) is 48.9 Å². The van der Waals surface area contributed by atoms with Crippen LogP contribution in [0.4, 0.5) is 0 Å². The van der Waals surface area contributed by atoms with Crippen molar-refractivity contribution in [2.75, 3.05) is 19.7 Å². The fraction of sp³-hybridized carbons (Fsp3) is 0.340. The van der Waals surface area contributed by atoms with Gasteiger partial charge in [-0.25, -0.2) is 0 Å². The summed E-state index contributed by atoms with van der Waals surface area (Å²) in [6.07, 6.45) is 0.917. The van der Waals surface area contributed by atoms with Crippen molar-refractivity contribution in [3.8, 4) is 11.5 Å². The third-order valence-electron chi connectivity index (χ3n) is 11.6. The summed E-state index contributed by atoms with van der Waals surface area (Å²) >= 11 is 0. The zero-order chi connectivity index (χ0) is 46.6. The van der Waals surface area contributed by atoms with Gasteiger partial charge in [-0.05, 0) is 71.3 Å². The van der Waals surface area contributed by atoms with Crippen LogP contribution in [0.15, 0.2) is 103 Å². The minimum atomic E-state index is -1.37. The number of phenolic OH excluding ortho intramolecular Hbond substituents is 2. The van der Waals surface area contributed by atoms with Crippen LogP contribution in [0.5, 0.6) is 11.5 Å².